The highest BCUT2D eigenvalue weighted by molar-refractivity contribution is 6.31. The van der Waals surface area contributed by atoms with Gasteiger partial charge in [-0.15, -0.1) is 0 Å². The van der Waals surface area contributed by atoms with Gasteiger partial charge in [-0.2, -0.15) is 13.2 Å². The van der Waals surface area contributed by atoms with Crippen LogP contribution in [0.15, 0.2) is 91.0 Å². The highest BCUT2D eigenvalue weighted by Gasteiger charge is 2.30. The molecule has 206 valence electrons. The summed E-state index contributed by atoms with van der Waals surface area (Å²) in [4.78, 5) is 23.5. The number of rotatable bonds is 9. The van der Waals surface area contributed by atoms with Gasteiger partial charge in [-0.1, -0.05) is 60.1 Å². The van der Waals surface area contributed by atoms with Gasteiger partial charge in [0.1, 0.15) is 18.1 Å². The summed E-state index contributed by atoms with van der Waals surface area (Å²) >= 11 is 6.08. The maximum Gasteiger partial charge on any atom is 0.511 e. The van der Waals surface area contributed by atoms with Crippen LogP contribution in [0.2, 0.25) is 5.02 Å². The first-order chi connectivity index (χ1) is 19.1. The van der Waals surface area contributed by atoms with Crippen LogP contribution < -0.4 is 14.8 Å². The molecule has 1 amide bonds. The molecule has 4 aromatic carbocycles. The first-order valence-electron chi connectivity index (χ1n) is 12.1. The van der Waals surface area contributed by atoms with Gasteiger partial charge in [-0.25, -0.2) is 4.79 Å². The van der Waals surface area contributed by atoms with Crippen molar-refractivity contribution in [1.29, 1.82) is 0 Å². The zero-order chi connectivity index (χ0) is 28.7. The molecular formula is C30H23ClF3NO5. The summed E-state index contributed by atoms with van der Waals surface area (Å²) in [5.74, 6) is -0.00204. The van der Waals surface area contributed by atoms with Crippen molar-refractivity contribution in [2.24, 2.45) is 0 Å². The molecule has 6 nitrogen and oxygen atoms in total. The maximum atomic E-state index is 13.0. The van der Waals surface area contributed by atoms with E-state index in [1.165, 1.54) is 30.3 Å². The molecule has 0 bridgehead atoms. The summed E-state index contributed by atoms with van der Waals surface area (Å²) in [5, 5.41) is 11.8. The smallest absolute Gasteiger partial charge is 0.488 e. The van der Waals surface area contributed by atoms with Gasteiger partial charge >= 0.3 is 12.3 Å². The topological polar surface area (TPSA) is 84.9 Å². The summed E-state index contributed by atoms with van der Waals surface area (Å²) in [5.41, 5.74) is 2.49. The summed E-state index contributed by atoms with van der Waals surface area (Å²) < 4.78 is 49.3. The Morgan fingerprint density at radius 1 is 0.850 bits per heavy atom. The standard InChI is InChI=1S/C30H23ClF3NO5/c31-24-10-13-27(39-18-20-2-1-3-23(16-20)30(32,33)34)26(17-24)28(36)35-15-14-19-4-6-21(7-5-19)22-8-11-25(12-9-22)40-29(37)38/h1-13,16-17H,14-15,18H2,(H,35,36)(H,37,38). The van der Waals surface area contributed by atoms with Crippen molar-refractivity contribution in [1.82, 2.24) is 5.32 Å². The van der Waals surface area contributed by atoms with Crippen LogP contribution in [-0.2, 0) is 19.2 Å². The molecule has 0 unspecified atom stereocenters. The lowest BCUT2D eigenvalue weighted by Gasteiger charge is -2.14. The third-order valence-electron chi connectivity index (χ3n) is 5.88. The Labute approximate surface area is 232 Å². The van der Waals surface area contributed by atoms with E-state index in [0.717, 1.165) is 28.8 Å². The lowest BCUT2D eigenvalue weighted by molar-refractivity contribution is -0.137. The van der Waals surface area contributed by atoms with Crippen molar-refractivity contribution in [2.75, 3.05) is 6.54 Å². The number of carbonyl (C=O) groups is 2. The third kappa shape index (κ3) is 7.77. The summed E-state index contributed by atoms with van der Waals surface area (Å²) in [7, 11) is 0. The van der Waals surface area contributed by atoms with Crippen LogP contribution in [-0.4, -0.2) is 23.7 Å². The molecule has 0 aliphatic heterocycles. The average Bonchev–Trinajstić information content (AvgIpc) is 2.92. The second-order valence-electron chi connectivity index (χ2n) is 8.72. The lowest BCUT2D eigenvalue weighted by Crippen LogP contribution is -2.26. The molecule has 0 radical (unpaired) electrons. The highest BCUT2D eigenvalue weighted by Crippen LogP contribution is 2.30. The van der Waals surface area contributed by atoms with Crippen molar-refractivity contribution in [3.8, 4) is 22.6 Å². The number of hydrogen-bond donors (Lipinski definition) is 2. The molecule has 0 saturated carbocycles. The summed E-state index contributed by atoms with van der Waals surface area (Å²) in [6.07, 6.45) is -5.30. The van der Waals surface area contributed by atoms with Gasteiger partial charge in [-0.05, 0) is 71.1 Å². The fraction of sp³-hybridized carbons (Fsp3) is 0.133. The van der Waals surface area contributed by atoms with Crippen molar-refractivity contribution in [3.05, 3.63) is 118 Å². The Balaban J connectivity index is 1.34. The molecular weight excluding hydrogens is 547 g/mol. The Kier molecular flexibility index (Phi) is 8.96. The molecule has 0 heterocycles. The Hall–Kier alpha value is -4.50. The minimum Gasteiger partial charge on any atom is -0.488 e. The number of ether oxygens (including phenoxy) is 2. The van der Waals surface area contributed by atoms with E-state index in [0.29, 0.717) is 23.6 Å². The van der Waals surface area contributed by atoms with Crippen LogP contribution in [0.1, 0.15) is 27.0 Å². The number of carbonyl (C=O) groups excluding carboxylic acids is 1. The van der Waals surface area contributed by atoms with E-state index >= 15 is 0 Å². The van der Waals surface area contributed by atoms with Crippen molar-refractivity contribution in [3.63, 3.8) is 0 Å². The minimum absolute atomic E-state index is 0.159. The van der Waals surface area contributed by atoms with E-state index in [-0.39, 0.29) is 23.7 Å². The van der Waals surface area contributed by atoms with E-state index in [9.17, 15) is 22.8 Å². The Morgan fingerprint density at radius 2 is 1.52 bits per heavy atom. The fourth-order valence-corrected chi connectivity index (χ4v) is 4.07. The second-order valence-corrected chi connectivity index (χ2v) is 9.16. The van der Waals surface area contributed by atoms with Crippen LogP contribution in [0.5, 0.6) is 11.5 Å². The predicted octanol–water partition coefficient (Wildman–Crippen LogP) is 7.63. The quantitative estimate of drug-likeness (QED) is 0.160. The summed E-state index contributed by atoms with van der Waals surface area (Å²) in [6.45, 7) is 0.159. The third-order valence-corrected chi connectivity index (χ3v) is 6.12. The van der Waals surface area contributed by atoms with Crippen LogP contribution in [0.3, 0.4) is 0 Å². The minimum atomic E-state index is -4.47. The summed E-state index contributed by atoms with van der Waals surface area (Å²) in [6, 6.07) is 23.6. The first kappa shape index (κ1) is 28.5. The van der Waals surface area contributed by atoms with Crippen molar-refractivity contribution < 1.29 is 37.3 Å². The molecule has 0 aliphatic rings. The van der Waals surface area contributed by atoms with Gasteiger partial charge in [0.25, 0.3) is 5.91 Å². The van der Waals surface area contributed by atoms with Crippen LogP contribution in [0.4, 0.5) is 18.0 Å². The largest absolute Gasteiger partial charge is 0.511 e. The van der Waals surface area contributed by atoms with E-state index in [2.05, 4.69) is 10.1 Å². The Bertz CT molecular complexity index is 1490. The molecule has 4 rings (SSSR count). The monoisotopic (exact) mass is 569 g/mol. The van der Waals surface area contributed by atoms with Gasteiger partial charge < -0.3 is 19.9 Å². The lowest BCUT2D eigenvalue weighted by atomic mass is 10.0. The number of alkyl halides is 3. The van der Waals surface area contributed by atoms with Gasteiger partial charge in [0, 0.05) is 11.6 Å². The van der Waals surface area contributed by atoms with E-state index in [4.69, 9.17) is 21.4 Å². The van der Waals surface area contributed by atoms with Gasteiger partial charge in [0.15, 0.2) is 0 Å². The van der Waals surface area contributed by atoms with Crippen LogP contribution in [0.25, 0.3) is 11.1 Å². The number of carboxylic acid groups (broad SMARTS) is 1. The zero-order valence-electron chi connectivity index (χ0n) is 20.9. The Morgan fingerprint density at radius 3 is 2.17 bits per heavy atom. The van der Waals surface area contributed by atoms with Crippen LogP contribution in [0, 0.1) is 0 Å². The van der Waals surface area contributed by atoms with E-state index in [1.807, 2.05) is 24.3 Å². The van der Waals surface area contributed by atoms with Crippen LogP contribution >= 0.6 is 11.6 Å². The molecule has 4 aromatic rings. The number of halogens is 4. The predicted molar refractivity (Wildman–Crippen MR) is 144 cm³/mol. The normalized spacial score (nSPS) is 11.1. The maximum absolute atomic E-state index is 13.0. The van der Waals surface area contributed by atoms with Gasteiger partial charge in [0.05, 0.1) is 11.1 Å². The molecule has 0 atom stereocenters. The fourth-order valence-electron chi connectivity index (χ4n) is 3.90. The van der Waals surface area contributed by atoms with Crippen molar-refractivity contribution >= 4 is 23.7 Å². The number of nitrogens with one attached hydrogen (secondary N) is 1. The van der Waals surface area contributed by atoms with Gasteiger partial charge in [-0.3, -0.25) is 4.79 Å². The second kappa shape index (κ2) is 12.6. The number of hydrogen-bond acceptors (Lipinski definition) is 4. The average molecular weight is 570 g/mol. The zero-order valence-corrected chi connectivity index (χ0v) is 21.6. The molecule has 0 saturated heterocycles. The first-order valence-corrected chi connectivity index (χ1v) is 12.4. The molecule has 0 aromatic heterocycles. The van der Waals surface area contributed by atoms with E-state index in [1.54, 1.807) is 24.3 Å². The molecule has 0 fully saturated rings. The van der Waals surface area contributed by atoms with Gasteiger partial charge in [0.2, 0.25) is 0 Å². The van der Waals surface area contributed by atoms with E-state index < -0.39 is 23.8 Å². The number of amides is 1. The molecule has 0 aliphatic carbocycles. The highest BCUT2D eigenvalue weighted by atomic mass is 35.5. The van der Waals surface area contributed by atoms with Crippen molar-refractivity contribution in [2.45, 2.75) is 19.2 Å². The molecule has 10 heteroatoms. The molecule has 2 N–H and O–H groups in total. The number of benzene rings is 4. The molecule has 40 heavy (non-hydrogen) atoms. The SMILES string of the molecule is O=C(O)Oc1ccc(-c2ccc(CCNC(=O)c3cc(Cl)ccc3OCc3cccc(C(F)(F)F)c3)cc2)cc1. The molecule has 0 spiro atoms.